The van der Waals surface area contributed by atoms with Crippen LogP contribution in [0.15, 0.2) is 17.0 Å². The molecule has 0 aromatic carbocycles. The molecule has 5 nitrogen and oxygen atoms in total. The lowest BCUT2D eigenvalue weighted by molar-refractivity contribution is 0.856. The van der Waals surface area contributed by atoms with Crippen molar-refractivity contribution in [2.24, 2.45) is 0 Å². The van der Waals surface area contributed by atoms with Gasteiger partial charge in [-0.2, -0.15) is 0 Å². The van der Waals surface area contributed by atoms with E-state index >= 15 is 0 Å². The zero-order chi connectivity index (χ0) is 14.5. The van der Waals surface area contributed by atoms with Crippen molar-refractivity contribution in [1.82, 2.24) is 15.0 Å². The van der Waals surface area contributed by atoms with Crippen LogP contribution in [-0.2, 0) is 6.42 Å². The van der Waals surface area contributed by atoms with E-state index in [1.54, 1.807) is 17.7 Å². The van der Waals surface area contributed by atoms with Crippen molar-refractivity contribution >= 4 is 38.9 Å². The number of nitrogens with one attached hydrogen (secondary N) is 2. The third-order valence-corrected chi connectivity index (χ3v) is 4.85. The third-order valence-electron chi connectivity index (χ3n) is 2.78. The molecule has 0 spiro atoms. The summed E-state index contributed by atoms with van der Waals surface area (Å²) in [7, 11) is 0. The Morgan fingerprint density at radius 1 is 1.25 bits per heavy atom. The zero-order valence-corrected chi connectivity index (χ0v) is 14.2. The Balaban J connectivity index is 2.14. The first-order chi connectivity index (χ1) is 9.65. The molecule has 7 heteroatoms. The lowest BCUT2D eigenvalue weighted by Gasteiger charge is -2.14. The van der Waals surface area contributed by atoms with Gasteiger partial charge in [0.05, 0.1) is 6.04 Å². The molecule has 0 saturated heterocycles. The molecule has 2 heterocycles. The number of anilines is 2. The number of hydrogen-bond acceptors (Lipinski definition) is 6. The Hall–Kier alpha value is -1.21. The van der Waals surface area contributed by atoms with Crippen LogP contribution in [0.25, 0.3) is 0 Å². The second-order valence-corrected chi connectivity index (χ2v) is 6.24. The summed E-state index contributed by atoms with van der Waals surface area (Å²) in [5, 5.41) is 7.63. The number of nitrogens with zero attached hydrogens (tertiary/aromatic N) is 3. The summed E-state index contributed by atoms with van der Waals surface area (Å²) in [5.41, 5.74) is 0. The fourth-order valence-electron chi connectivity index (χ4n) is 1.71. The molecule has 0 amide bonds. The zero-order valence-electron chi connectivity index (χ0n) is 11.8. The van der Waals surface area contributed by atoms with Gasteiger partial charge in [-0.25, -0.2) is 15.0 Å². The normalized spacial score (nSPS) is 12.2. The lowest BCUT2D eigenvalue weighted by Crippen LogP contribution is -2.10. The minimum Gasteiger partial charge on any atom is -0.369 e. The van der Waals surface area contributed by atoms with Crippen LogP contribution >= 0.6 is 27.3 Å². The maximum Gasteiger partial charge on any atom is 0.146 e. The van der Waals surface area contributed by atoms with Crippen molar-refractivity contribution in [2.75, 3.05) is 17.2 Å². The van der Waals surface area contributed by atoms with Gasteiger partial charge < -0.3 is 10.6 Å². The van der Waals surface area contributed by atoms with Crippen LogP contribution in [0.4, 0.5) is 11.6 Å². The Morgan fingerprint density at radius 2 is 2.00 bits per heavy atom. The lowest BCUT2D eigenvalue weighted by atomic mass is 10.3. The molecule has 20 heavy (non-hydrogen) atoms. The van der Waals surface area contributed by atoms with E-state index in [4.69, 9.17) is 0 Å². The molecule has 1 unspecified atom stereocenters. The summed E-state index contributed by atoms with van der Waals surface area (Å²) in [6, 6.07) is 0.112. The van der Waals surface area contributed by atoms with Crippen molar-refractivity contribution in [2.45, 2.75) is 33.2 Å². The standard InChI is InChI=1S/C13H18BrN5S/c1-4-9-6-16-13(20-9)8(3)19-12-10(14)11(15-5-2)17-7-18-12/h6-8H,4-5H2,1-3H3,(H2,15,17,18,19). The minimum absolute atomic E-state index is 0.112. The first kappa shape index (κ1) is 15.2. The van der Waals surface area contributed by atoms with Crippen LogP contribution in [-0.4, -0.2) is 21.5 Å². The highest BCUT2D eigenvalue weighted by Gasteiger charge is 2.14. The minimum atomic E-state index is 0.112. The maximum atomic E-state index is 4.45. The van der Waals surface area contributed by atoms with Crippen molar-refractivity contribution in [3.05, 3.63) is 26.9 Å². The van der Waals surface area contributed by atoms with Crippen molar-refractivity contribution in [3.63, 3.8) is 0 Å². The van der Waals surface area contributed by atoms with Crippen LogP contribution < -0.4 is 10.6 Å². The summed E-state index contributed by atoms with van der Waals surface area (Å²) in [5.74, 6) is 1.57. The van der Waals surface area contributed by atoms with E-state index < -0.39 is 0 Å². The average Bonchev–Trinajstić information content (AvgIpc) is 2.92. The smallest absolute Gasteiger partial charge is 0.146 e. The van der Waals surface area contributed by atoms with E-state index in [-0.39, 0.29) is 6.04 Å². The predicted octanol–water partition coefficient (Wildman–Crippen LogP) is 3.86. The molecule has 0 aliphatic rings. The van der Waals surface area contributed by atoms with Gasteiger partial charge in [-0.05, 0) is 36.2 Å². The van der Waals surface area contributed by atoms with Gasteiger partial charge in [-0.3, -0.25) is 0 Å². The fourth-order valence-corrected chi connectivity index (χ4v) is 3.03. The van der Waals surface area contributed by atoms with Gasteiger partial charge in [0.25, 0.3) is 0 Å². The first-order valence-corrected chi connectivity index (χ1v) is 8.22. The summed E-state index contributed by atoms with van der Waals surface area (Å²) < 4.78 is 0.848. The van der Waals surface area contributed by atoms with Crippen LogP contribution in [0.5, 0.6) is 0 Å². The Kier molecular flexibility index (Phi) is 5.31. The number of halogens is 1. The van der Waals surface area contributed by atoms with Crippen LogP contribution in [0.2, 0.25) is 0 Å². The van der Waals surface area contributed by atoms with E-state index in [1.165, 1.54) is 4.88 Å². The number of aryl methyl sites for hydroxylation is 1. The highest BCUT2D eigenvalue weighted by Crippen LogP contribution is 2.30. The molecule has 0 aliphatic heterocycles. The van der Waals surface area contributed by atoms with Gasteiger partial charge in [-0.1, -0.05) is 6.92 Å². The van der Waals surface area contributed by atoms with Crippen molar-refractivity contribution in [1.29, 1.82) is 0 Å². The molecular formula is C13H18BrN5S. The van der Waals surface area contributed by atoms with Gasteiger partial charge in [0, 0.05) is 17.6 Å². The Morgan fingerprint density at radius 3 is 2.65 bits per heavy atom. The van der Waals surface area contributed by atoms with E-state index in [1.807, 2.05) is 13.1 Å². The van der Waals surface area contributed by atoms with Gasteiger partial charge in [0.2, 0.25) is 0 Å². The molecule has 0 bridgehead atoms. The van der Waals surface area contributed by atoms with Crippen molar-refractivity contribution in [3.8, 4) is 0 Å². The van der Waals surface area contributed by atoms with Gasteiger partial charge >= 0.3 is 0 Å². The quantitative estimate of drug-likeness (QED) is 0.823. The van der Waals surface area contributed by atoms with Crippen molar-refractivity contribution < 1.29 is 0 Å². The molecule has 2 aromatic heterocycles. The van der Waals surface area contributed by atoms with E-state index in [2.05, 4.69) is 55.4 Å². The molecule has 0 saturated carbocycles. The molecule has 2 rings (SSSR count). The summed E-state index contributed by atoms with van der Waals surface area (Å²) in [6.07, 6.45) is 4.51. The van der Waals surface area contributed by atoms with Crippen LogP contribution in [0.3, 0.4) is 0 Å². The summed E-state index contributed by atoms with van der Waals surface area (Å²) in [4.78, 5) is 14.2. The largest absolute Gasteiger partial charge is 0.369 e. The number of hydrogen-bond donors (Lipinski definition) is 2. The molecular weight excluding hydrogens is 338 g/mol. The van der Waals surface area contributed by atoms with E-state index in [0.29, 0.717) is 0 Å². The highest BCUT2D eigenvalue weighted by atomic mass is 79.9. The average molecular weight is 356 g/mol. The summed E-state index contributed by atoms with van der Waals surface area (Å²) >= 11 is 5.27. The number of thiazole rings is 1. The fraction of sp³-hybridized carbons (Fsp3) is 0.462. The molecule has 2 aromatic rings. The monoisotopic (exact) mass is 355 g/mol. The van der Waals surface area contributed by atoms with E-state index in [9.17, 15) is 0 Å². The molecule has 2 N–H and O–H groups in total. The molecule has 1 atom stereocenters. The van der Waals surface area contributed by atoms with Gasteiger partial charge in [0.15, 0.2) is 0 Å². The first-order valence-electron chi connectivity index (χ1n) is 6.61. The van der Waals surface area contributed by atoms with E-state index in [0.717, 1.165) is 34.1 Å². The topological polar surface area (TPSA) is 62.7 Å². The van der Waals surface area contributed by atoms with Crippen LogP contribution in [0, 0.1) is 0 Å². The SMILES string of the molecule is CCNc1ncnc(NC(C)c2ncc(CC)s2)c1Br. The maximum absolute atomic E-state index is 4.45. The Bertz CT molecular complexity index is 572. The third kappa shape index (κ3) is 3.46. The Labute approximate surface area is 131 Å². The summed E-state index contributed by atoms with van der Waals surface area (Å²) in [6.45, 7) is 7.07. The molecule has 0 fully saturated rings. The molecule has 0 radical (unpaired) electrons. The van der Waals surface area contributed by atoms with Gasteiger partial charge in [-0.15, -0.1) is 11.3 Å². The predicted molar refractivity (Wildman–Crippen MR) is 87.4 cm³/mol. The number of aromatic nitrogens is 3. The second kappa shape index (κ2) is 6.99. The second-order valence-electron chi connectivity index (χ2n) is 4.30. The number of rotatable bonds is 6. The van der Waals surface area contributed by atoms with Gasteiger partial charge in [0.1, 0.15) is 27.4 Å². The molecule has 108 valence electrons. The van der Waals surface area contributed by atoms with Crippen LogP contribution in [0.1, 0.15) is 36.7 Å². The highest BCUT2D eigenvalue weighted by molar-refractivity contribution is 9.10. The molecule has 0 aliphatic carbocycles.